The van der Waals surface area contributed by atoms with Gasteiger partial charge in [-0.1, -0.05) is 36.3 Å². The Morgan fingerprint density at radius 1 is 1.17 bits per heavy atom. The number of aromatic nitrogens is 5. The molecule has 0 aliphatic rings. The topological polar surface area (TPSA) is 117 Å². The normalized spacial score (nSPS) is 11.2. The van der Waals surface area contributed by atoms with E-state index in [0.717, 1.165) is 16.6 Å². The predicted octanol–water partition coefficient (Wildman–Crippen LogP) is 1.29. The number of carbonyl (C=O) groups is 1. The molecule has 1 N–H and O–H groups in total. The average Bonchev–Trinajstić information content (AvgIpc) is 3.36. The number of nitrogens with one attached hydrogen (secondary N) is 1. The Balaban J connectivity index is 1.56. The lowest BCUT2D eigenvalue weighted by molar-refractivity contribution is -0.117. The van der Waals surface area contributed by atoms with Crippen molar-refractivity contribution in [2.75, 3.05) is 5.32 Å². The zero-order valence-electron chi connectivity index (χ0n) is 16.7. The third-order valence-corrected chi connectivity index (χ3v) is 4.93. The number of benzene rings is 1. The van der Waals surface area contributed by atoms with Gasteiger partial charge in [-0.15, -0.1) is 0 Å². The van der Waals surface area contributed by atoms with Crippen molar-refractivity contribution in [3.8, 4) is 11.3 Å². The minimum Gasteiger partial charge on any atom is -0.338 e. The van der Waals surface area contributed by atoms with Crippen LogP contribution in [0.15, 0.2) is 50.8 Å². The molecule has 0 saturated carbocycles. The Morgan fingerprint density at radius 2 is 1.90 bits per heavy atom. The lowest BCUT2D eigenvalue weighted by Crippen LogP contribution is -2.42. The third kappa shape index (κ3) is 3.32. The molecule has 3 aromatic heterocycles. The maximum absolute atomic E-state index is 12.7. The van der Waals surface area contributed by atoms with E-state index in [1.165, 1.54) is 28.1 Å². The van der Waals surface area contributed by atoms with Crippen molar-refractivity contribution in [3.05, 3.63) is 63.1 Å². The van der Waals surface area contributed by atoms with Crippen LogP contribution in [-0.4, -0.2) is 29.7 Å². The number of rotatable bonds is 5. The fourth-order valence-electron chi connectivity index (χ4n) is 3.24. The summed E-state index contributed by atoms with van der Waals surface area (Å²) in [5, 5.41) is 6.50. The summed E-state index contributed by atoms with van der Waals surface area (Å²) >= 11 is 0. The highest BCUT2D eigenvalue weighted by atomic mass is 16.5. The van der Waals surface area contributed by atoms with Gasteiger partial charge in [0.1, 0.15) is 12.2 Å². The van der Waals surface area contributed by atoms with Gasteiger partial charge in [-0.25, -0.2) is 14.3 Å². The smallest absolute Gasteiger partial charge is 0.332 e. The maximum Gasteiger partial charge on any atom is 0.332 e. The van der Waals surface area contributed by atoms with Gasteiger partial charge in [-0.05, 0) is 12.0 Å². The largest absolute Gasteiger partial charge is 0.338 e. The molecule has 1 amide bonds. The first-order valence-electron chi connectivity index (χ1n) is 9.35. The van der Waals surface area contributed by atoms with Crippen molar-refractivity contribution in [1.29, 1.82) is 0 Å². The second-order valence-corrected chi connectivity index (χ2v) is 6.94. The minimum atomic E-state index is -0.629. The molecular formula is C20H20N6O4. The van der Waals surface area contributed by atoms with Crippen LogP contribution >= 0.6 is 0 Å². The van der Waals surface area contributed by atoms with Crippen LogP contribution in [0.25, 0.3) is 22.4 Å². The molecule has 0 unspecified atom stereocenters. The molecular weight excluding hydrogens is 388 g/mol. The number of amides is 1. The van der Waals surface area contributed by atoms with Gasteiger partial charge in [0, 0.05) is 25.7 Å². The van der Waals surface area contributed by atoms with E-state index in [1.54, 1.807) is 13.1 Å². The summed E-state index contributed by atoms with van der Waals surface area (Å²) in [6.07, 6.45) is 2.38. The van der Waals surface area contributed by atoms with E-state index in [2.05, 4.69) is 22.4 Å². The Labute approximate surface area is 170 Å². The Hall–Kier alpha value is -3.95. The molecule has 10 heteroatoms. The molecule has 1 aromatic carbocycles. The van der Waals surface area contributed by atoms with Crippen LogP contribution in [-0.2, 0) is 31.9 Å². The molecule has 4 aromatic rings. The highest BCUT2D eigenvalue weighted by Crippen LogP contribution is 2.22. The van der Waals surface area contributed by atoms with Crippen molar-refractivity contribution in [1.82, 2.24) is 23.8 Å². The lowest BCUT2D eigenvalue weighted by Gasteiger charge is -2.08. The van der Waals surface area contributed by atoms with E-state index >= 15 is 0 Å². The summed E-state index contributed by atoms with van der Waals surface area (Å²) < 4.78 is 8.78. The summed E-state index contributed by atoms with van der Waals surface area (Å²) in [4.78, 5) is 41.7. The van der Waals surface area contributed by atoms with Crippen molar-refractivity contribution >= 4 is 23.0 Å². The number of hydrogen-bond acceptors (Lipinski definition) is 6. The molecule has 10 nitrogen and oxygen atoms in total. The van der Waals surface area contributed by atoms with E-state index in [1.807, 2.05) is 24.3 Å². The molecule has 30 heavy (non-hydrogen) atoms. The number of hydrogen-bond donors (Lipinski definition) is 1. The lowest BCUT2D eigenvalue weighted by atomic mass is 10.1. The van der Waals surface area contributed by atoms with Crippen LogP contribution < -0.4 is 16.6 Å². The average molecular weight is 408 g/mol. The zero-order valence-corrected chi connectivity index (χ0v) is 16.7. The number of nitrogens with zero attached hydrogens (tertiary/aromatic N) is 5. The van der Waals surface area contributed by atoms with E-state index in [9.17, 15) is 14.4 Å². The molecule has 3 heterocycles. The van der Waals surface area contributed by atoms with Crippen molar-refractivity contribution in [2.45, 2.75) is 19.9 Å². The molecule has 0 radical (unpaired) electrons. The highest BCUT2D eigenvalue weighted by Gasteiger charge is 2.18. The second-order valence-electron chi connectivity index (χ2n) is 6.94. The fraction of sp³-hybridized carbons (Fsp3) is 0.250. The van der Waals surface area contributed by atoms with E-state index < -0.39 is 23.7 Å². The van der Waals surface area contributed by atoms with Crippen molar-refractivity contribution < 1.29 is 9.32 Å². The standard InChI is InChI=1S/C20H20N6O4/c1-4-12-5-7-13(8-6-12)14-9-16(30-23-14)22-15(27)10-26-19(28)17-18(21-11-24(17)2)25(3)20(26)29/h5-9,11H,4,10H2,1-3H3,(H,22,27). The van der Waals surface area contributed by atoms with Gasteiger partial charge in [0.25, 0.3) is 5.56 Å². The molecule has 4 rings (SSSR count). The summed E-state index contributed by atoms with van der Waals surface area (Å²) in [5.41, 5.74) is 1.90. The van der Waals surface area contributed by atoms with E-state index in [4.69, 9.17) is 4.52 Å². The molecule has 0 aliphatic carbocycles. The van der Waals surface area contributed by atoms with Crippen LogP contribution in [0.2, 0.25) is 0 Å². The zero-order chi connectivity index (χ0) is 21.4. The Bertz CT molecular complexity index is 1360. The van der Waals surface area contributed by atoms with Crippen molar-refractivity contribution in [2.24, 2.45) is 14.1 Å². The Kier molecular flexibility index (Phi) is 4.82. The molecule has 0 fully saturated rings. The van der Waals surface area contributed by atoms with Gasteiger partial charge in [0.15, 0.2) is 11.2 Å². The monoisotopic (exact) mass is 408 g/mol. The summed E-state index contributed by atoms with van der Waals surface area (Å²) in [7, 11) is 3.15. The quantitative estimate of drug-likeness (QED) is 0.532. The van der Waals surface area contributed by atoms with Gasteiger partial charge < -0.3 is 9.09 Å². The number of carbonyl (C=O) groups excluding carboxylic acids is 1. The maximum atomic E-state index is 12.7. The second kappa shape index (κ2) is 7.47. The van der Waals surface area contributed by atoms with E-state index in [-0.39, 0.29) is 17.0 Å². The first-order valence-corrected chi connectivity index (χ1v) is 9.35. The number of aryl methyl sites for hydroxylation is 3. The number of imidazole rings is 1. The molecule has 0 bridgehead atoms. The van der Waals surface area contributed by atoms with Gasteiger partial charge in [0.2, 0.25) is 11.8 Å². The van der Waals surface area contributed by atoms with Gasteiger partial charge >= 0.3 is 5.69 Å². The minimum absolute atomic E-state index is 0.126. The van der Waals surface area contributed by atoms with Crippen molar-refractivity contribution in [3.63, 3.8) is 0 Å². The van der Waals surface area contributed by atoms with Crippen LogP contribution in [0.4, 0.5) is 5.88 Å². The SMILES string of the molecule is CCc1ccc(-c2cc(NC(=O)Cn3c(=O)c4c(ncn4C)n(C)c3=O)on2)cc1. The van der Waals surface area contributed by atoms with Gasteiger partial charge in [0.05, 0.1) is 6.33 Å². The summed E-state index contributed by atoms with van der Waals surface area (Å²) in [5.74, 6) is -0.458. The molecule has 0 aliphatic heterocycles. The highest BCUT2D eigenvalue weighted by molar-refractivity contribution is 5.89. The first kappa shape index (κ1) is 19.4. The van der Waals surface area contributed by atoms with Gasteiger partial charge in [-0.2, -0.15) is 0 Å². The van der Waals surface area contributed by atoms with Crippen LogP contribution in [0.5, 0.6) is 0 Å². The van der Waals surface area contributed by atoms with Gasteiger partial charge in [-0.3, -0.25) is 19.5 Å². The number of anilines is 1. The predicted molar refractivity (Wildman–Crippen MR) is 110 cm³/mol. The van der Waals surface area contributed by atoms with Crippen LogP contribution in [0.3, 0.4) is 0 Å². The summed E-state index contributed by atoms with van der Waals surface area (Å²) in [6, 6.07) is 9.44. The third-order valence-electron chi connectivity index (χ3n) is 4.93. The Morgan fingerprint density at radius 3 is 2.60 bits per heavy atom. The van der Waals surface area contributed by atoms with Crippen LogP contribution in [0.1, 0.15) is 12.5 Å². The fourth-order valence-corrected chi connectivity index (χ4v) is 3.24. The molecule has 154 valence electrons. The molecule has 0 spiro atoms. The van der Waals surface area contributed by atoms with E-state index in [0.29, 0.717) is 5.69 Å². The van der Waals surface area contributed by atoms with Crippen LogP contribution in [0, 0.1) is 0 Å². The number of fused-ring (bicyclic) bond motifs is 1. The molecule has 0 saturated heterocycles. The molecule has 0 atom stereocenters. The first-order chi connectivity index (χ1) is 14.4. The summed E-state index contributed by atoms with van der Waals surface area (Å²) in [6.45, 7) is 1.61.